The molecule has 2 aromatic rings. The summed E-state index contributed by atoms with van der Waals surface area (Å²) in [5.41, 5.74) is 0. The number of halogens is 1. The maximum Gasteiger partial charge on any atom is 0.344 e. The summed E-state index contributed by atoms with van der Waals surface area (Å²) in [5, 5.41) is 2.92. The summed E-state index contributed by atoms with van der Waals surface area (Å²) >= 11 is 5.69. The molecular formula is C16H15ClN2O5. The van der Waals surface area contributed by atoms with Gasteiger partial charge in [0.25, 0.3) is 5.91 Å². The molecule has 1 heterocycles. The number of nitrogens with one attached hydrogen (secondary N) is 1. The molecule has 2 rings (SSSR count). The van der Waals surface area contributed by atoms with E-state index in [1.54, 1.807) is 37.4 Å². The van der Waals surface area contributed by atoms with Gasteiger partial charge in [-0.25, -0.2) is 9.78 Å². The molecule has 0 aliphatic rings. The van der Waals surface area contributed by atoms with Gasteiger partial charge in [0.15, 0.2) is 13.2 Å². The largest absolute Gasteiger partial charge is 0.497 e. The van der Waals surface area contributed by atoms with Crippen LogP contribution >= 0.6 is 11.6 Å². The van der Waals surface area contributed by atoms with E-state index in [1.165, 1.54) is 12.3 Å². The van der Waals surface area contributed by atoms with Crippen LogP contribution in [0.5, 0.6) is 11.5 Å². The van der Waals surface area contributed by atoms with Gasteiger partial charge in [0, 0.05) is 6.20 Å². The summed E-state index contributed by atoms with van der Waals surface area (Å²) < 4.78 is 15.1. The van der Waals surface area contributed by atoms with Crippen molar-refractivity contribution in [1.82, 2.24) is 4.98 Å². The van der Waals surface area contributed by atoms with Crippen LogP contribution in [0.3, 0.4) is 0 Å². The Kier molecular flexibility index (Phi) is 6.39. The third-order valence-electron chi connectivity index (χ3n) is 2.78. The van der Waals surface area contributed by atoms with Gasteiger partial charge in [-0.05, 0) is 36.4 Å². The second-order valence-corrected chi connectivity index (χ2v) is 4.97. The van der Waals surface area contributed by atoms with E-state index in [4.69, 9.17) is 25.8 Å². The topological polar surface area (TPSA) is 86.8 Å². The molecule has 126 valence electrons. The Morgan fingerprint density at radius 1 is 1.08 bits per heavy atom. The number of benzene rings is 1. The molecule has 0 fully saturated rings. The molecule has 0 aliphatic carbocycles. The average molecular weight is 351 g/mol. The highest BCUT2D eigenvalue weighted by Gasteiger charge is 2.09. The lowest BCUT2D eigenvalue weighted by molar-refractivity contribution is -0.149. The maximum absolute atomic E-state index is 11.6. The minimum absolute atomic E-state index is 0.307. The van der Waals surface area contributed by atoms with Crippen LogP contribution in [-0.2, 0) is 14.3 Å². The molecule has 1 N–H and O–H groups in total. The van der Waals surface area contributed by atoms with Crippen molar-refractivity contribution < 1.29 is 23.8 Å². The molecule has 0 atom stereocenters. The van der Waals surface area contributed by atoms with Crippen molar-refractivity contribution in [3.8, 4) is 11.5 Å². The van der Waals surface area contributed by atoms with E-state index >= 15 is 0 Å². The predicted molar refractivity (Wildman–Crippen MR) is 87.3 cm³/mol. The fraction of sp³-hybridized carbons (Fsp3) is 0.188. The minimum Gasteiger partial charge on any atom is -0.497 e. The summed E-state index contributed by atoms with van der Waals surface area (Å²) in [6, 6.07) is 9.84. The van der Waals surface area contributed by atoms with Crippen molar-refractivity contribution in [1.29, 1.82) is 0 Å². The third-order valence-corrected chi connectivity index (χ3v) is 3.00. The molecule has 0 unspecified atom stereocenters. The highest BCUT2D eigenvalue weighted by Crippen LogP contribution is 2.16. The predicted octanol–water partition coefficient (Wildman–Crippen LogP) is 2.30. The number of ether oxygens (including phenoxy) is 3. The Hall–Kier alpha value is -2.80. The molecule has 0 spiro atoms. The molecule has 0 aliphatic heterocycles. The fourth-order valence-electron chi connectivity index (χ4n) is 1.63. The molecule has 1 amide bonds. The zero-order chi connectivity index (χ0) is 17.4. The van der Waals surface area contributed by atoms with Gasteiger partial charge in [-0.2, -0.15) is 0 Å². The number of amides is 1. The van der Waals surface area contributed by atoms with Gasteiger partial charge >= 0.3 is 5.97 Å². The summed E-state index contributed by atoms with van der Waals surface area (Å²) in [6.07, 6.45) is 1.39. The van der Waals surface area contributed by atoms with Gasteiger partial charge in [-0.1, -0.05) is 11.6 Å². The highest BCUT2D eigenvalue weighted by molar-refractivity contribution is 6.30. The van der Waals surface area contributed by atoms with E-state index < -0.39 is 18.5 Å². The van der Waals surface area contributed by atoms with E-state index in [0.29, 0.717) is 22.3 Å². The first-order valence-electron chi connectivity index (χ1n) is 6.90. The van der Waals surface area contributed by atoms with Gasteiger partial charge in [-0.3, -0.25) is 4.79 Å². The minimum atomic E-state index is -0.662. The van der Waals surface area contributed by atoms with Crippen molar-refractivity contribution >= 4 is 29.3 Å². The number of nitrogens with zero attached hydrogens (tertiary/aromatic N) is 1. The van der Waals surface area contributed by atoms with Crippen LogP contribution in [0.1, 0.15) is 0 Å². The normalized spacial score (nSPS) is 9.92. The summed E-state index contributed by atoms with van der Waals surface area (Å²) in [4.78, 5) is 27.1. The van der Waals surface area contributed by atoms with Gasteiger partial charge in [0.2, 0.25) is 0 Å². The van der Waals surface area contributed by atoms with Crippen molar-refractivity contribution in [2.24, 2.45) is 0 Å². The van der Waals surface area contributed by atoms with E-state index in [2.05, 4.69) is 10.3 Å². The summed E-state index contributed by atoms with van der Waals surface area (Å²) in [7, 11) is 1.55. The molecule has 1 aromatic heterocycles. The van der Waals surface area contributed by atoms with Crippen LogP contribution in [0.15, 0.2) is 42.6 Å². The number of hydrogen-bond donors (Lipinski definition) is 1. The first-order chi connectivity index (χ1) is 11.6. The van der Waals surface area contributed by atoms with Gasteiger partial charge in [0.05, 0.1) is 12.1 Å². The maximum atomic E-state index is 11.6. The number of anilines is 1. The van der Waals surface area contributed by atoms with Crippen molar-refractivity contribution in [2.75, 3.05) is 25.6 Å². The molecule has 0 radical (unpaired) electrons. The quantitative estimate of drug-likeness (QED) is 0.771. The number of carbonyl (C=O) groups is 2. The monoisotopic (exact) mass is 350 g/mol. The van der Waals surface area contributed by atoms with Crippen LogP contribution in [0.2, 0.25) is 5.02 Å². The molecule has 8 heteroatoms. The first-order valence-corrected chi connectivity index (χ1v) is 7.28. The van der Waals surface area contributed by atoms with E-state index in [-0.39, 0.29) is 6.61 Å². The fourth-order valence-corrected chi connectivity index (χ4v) is 1.74. The number of aromatic nitrogens is 1. The molecule has 0 saturated heterocycles. The molecular weight excluding hydrogens is 336 g/mol. The van der Waals surface area contributed by atoms with Crippen LogP contribution in [-0.4, -0.2) is 37.2 Å². The van der Waals surface area contributed by atoms with Crippen LogP contribution in [0.4, 0.5) is 5.82 Å². The van der Waals surface area contributed by atoms with E-state index in [0.717, 1.165) is 0 Å². The Morgan fingerprint density at radius 2 is 1.79 bits per heavy atom. The number of rotatable bonds is 7. The number of hydrogen-bond acceptors (Lipinski definition) is 6. The SMILES string of the molecule is COc1ccc(OCC(=O)OCC(=O)Nc2ccc(Cl)cn2)cc1. The molecule has 24 heavy (non-hydrogen) atoms. The zero-order valence-corrected chi connectivity index (χ0v) is 13.6. The summed E-state index contributed by atoms with van der Waals surface area (Å²) in [5.74, 6) is 0.308. The first kappa shape index (κ1) is 17.6. The zero-order valence-electron chi connectivity index (χ0n) is 12.8. The smallest absolute Gasteiger partial charge is 0.344 e. The van der Waals surface area contributed by atoms with Crippen LogP contribution in [0.25, 0.3) is 0 Å². The third kappa shape index (κ3) is 5.77. The number of carbonyl (C=O) groups excluding carboxylic acids is 2. The molecule has 1 aromatic carbocycles. The lowest BCUT2D eigenvalue weighted by atomic mass is 10.3. The van der Waals surface area contributed by atoms with Gasteiger partial charge < -0.3 is 19.5 Å². The Bertz CT molecular complexity index is 689. The molecule has 0 saturated carbocycles. The van der Waals surface area contributed by atoms with Crippen molar-refractivity contribution in [3.63, 3.8) is 0 Å². The van der Waals surface area contributed by atoms with Crippen molar-refractivity contribution in [3.05, 3.63) is 47.6 Å². The van der Waals surface area contributed by atoms with E-state index in [9.17, 15) is 9.59 Å². The van der Waals surface area contributed by atoms with Crippen LogP contribution in [0, 0.1) is 0 Å². The van der Waals surface area contributed by atoms with Gasteiger partial charge in [-0.15, -0.1) is 0 Å². The summed E-state index contributed by atoms with van der Waals surface area (Å²) in [6.45, 7) is -0.742. The second-order valence-electron chi connectivity index (χ2n) is 4.53. The molecule has 7 nitrogen and oxygen atoms in total. The van der Waals surface area contributed by atoms with Crippen LogP contribution < -0.4 is 14.8 Å². The van der Waals surface area contributed by atoms with Crippen molar-refractivity contribution in [2.45, 2.75) is 0 Å². The lowest BCUT2D eigenvalue weighted by Gasteiger charge is -2.08. The van der Waals surface area contributed by atoms with Gasteiger partial charge in [0.1, 0.15) is 17.3 Å². The average Bonchev–Trinajstić information content (AvgIpc) is 2.60. The Balaban J connectivity index is 1.70. The number of methoxy groups -OCH3 is 1. The number of esters is 1. The highest BCUT2D eigenvalue weighted by atomic mass is 35.5. The Labute approximate surface area is 143 Å². The van der Waals surface area contributed by atoms with E-state index in [1.807, 2.05) is 0 Å². The molecule has 0 bridgehead atoms. The Morgan fingerprint density at radius 3 is 2.42 bits per heavy atom. The number of pyridine rings is 1. The second kappa shape index (κ2) is 8.73. The standard InChI is InChI=1S/C16H15ClN2O5/c1-22-12-3-5-13(6-4-12)23-10-16(21)24-9-15(20)19-14-7-2-11(17)8-18-14/h2-8H,9-10H2,1H3,(H,18,19,20). The lowest BCUT2D eigenvalue weighted by Crippen LogP contribution is -2.24.